The molecule has 1 heterocycles. The number of nitrogen functional groups attached to an aromatic ring is 1. The zero-order valence-corrected chi connectivity index (χ0v) is 13.9. The van der Waals surface area contributed by atoms with Crippen molar-refractivity contribution in [3.8, 4) is 17.2 Å². The molecule has 5 nitrogen and oxygen atoms in total. The second-order valence-corrected chi connectivity index (χ2v) is 5.38. The van der Waals surface area contributed by atoms with Gasteiger partial charge in [0.05, 0.1) is 24.4 Å². The minimum absolute atomic E-state index is 0.185. The van der Waals surface area contributed by atoms with Crippen LogP contribution < -0.4 is 19.9 Å². The Hall–Kier alpha value is -1.66. The SMILES string of the molecule is COc1ccnc(COc2c(N)cc(Cl)cc2Br)c1OC. The third-order valence-corrected chi connectivity index (χ3v) is 3.56. The molecule has 0 saturated carbocycles. The van der Waals surface area contributed by atoms with Crippen molar-refractivity contribution in [3.05, 3.63) is 39.6 Å². The molecule has 0 spiro atoms. The lowest BCUT2D eigenvalue weighted by molar-refractivity contribution is 0.284. The van der Waals surface area contributed by atoms with Gasteiger partial charge in [0, 0.05) is 17.3 Å². The molecule has 0 fully saturated rings. The van der Waals surface area contributed by atoms with E-state index in [1.165, 1.54) is 0 Å². The number of halogens is 2. The first kappa shape index (κ1) is 15.7. The first-order valence-electron chi connectivity index (χ1n) is 6.00. The fraction of sp³-hybridized carbons (Fsp3) is 0.214. The highest BCUT2D eigenvalue weighted by molar-refractivity contribution is 9.10. The molecule has 0 aliphatic heterocycles. The van der Waals surface area contributed by atoms with Gasteiger partial charge in [0.2, 0.25) is 0 Å². The lowest BCUT2D eigenvalue weighted by Crippen LogP contribution is -2.04. The summed E-state index contributed by atoms with van der Waals surface area (Å²) in [5, 5.41) is 0.531. The van der Waals surface area contributed by atoms with E-state index in [1.54, 1.807) is 38.6 Å². The van der Waals surface area contributed by atoms with Gasteiger partial charge in [-0.15, -0.1) is 0 Å². The Bertz CT molecular complexity index is 629. The first-order chi connectivity index (χ1) is 10.1. The largest absolute Gasteiger partial charge is 0.493 e. The van der Waals surface area contributed by atoms with Gasteiger partial charge >= 0.3 is 0 Å². The predicted molar refractivity (Wildman–Crippen MR) is 85.2 cm³/mol. The third kappa shape index (κ3) is 3.51. The molecule has 7 heteroatoms. The van der Waals surface area contributed by atoms with E-state index in [1.807, 2.05) is 0 Å². The molecule has 0 radical (unpaired) electrons. The van der Waals surface area contributed by atoms with Crippen molar-refractivity contribution in [2.45, 2.75) is 6.61 Å². The molecule has 1 aromatic heterocycles. The quantitative estimate of drug-likeness (QED) is 0.810. The van der Waals surface area contributed by atoms with Gasteiger partial charge in [-0.3, -0.25) is 4.98 Å². The maximum Gasteiger partial charge on any atom is 0.185 e. The van der Waals surface area contributed by atoms with Crippen molar-refractivity contribution in [2.24, 2.45) is 0 Å². The summed E-state index contributed by atoms with van der Waals surface area (Å²) in [6.45, 7) is 0.185. The molecule has 21 heavy (non-hydrogen) atoms. The fourth-order valence-corrected chi connectivity index (χ4v) is 2.77. The Kier molecular flexibility index (Phi) is 5.14. The number of pyridine rings is 1. The minimum atomic E-state index is 0.185. The zero-order chi connectivity index (χ0) is 15.4. The van der Waals surface area contributed by atoms with Gasteiger partial charge in [-0.25, -0.2) is 0 Å². The molecular weight excluding hydrogens is 360 g/mol. The number of hydrogen-bond donors (Lipinski definition) is 1. The van der Waals surface area contributed by atoms with Crippen LogP contribution in [0.5, 0.6) is 17.2 Å². The smallest absolute Gasteiger partial charge is 0.185 e. The number of rotatable bonds is 5. The maximum absolute atomic E-state index is 5.91. The molecule has 112 valence electrons. The molecule has 0 aliphatic rings. The van der Waals surface area contributed by atoms with E-state index in [-0.39, 0.29) is 6.61 Å². The molecule has 0 bridgehead atoms. The van der Waals surface area contributed by atoms with Gasteiger partial charge in [0.1, 0.15) is 12.3 Å². The Labute approximate surface area is 136 Å². The van der Waals surface area contributed by atoms with Crippen LogP contribution in [0, 0.1) is 0 Å². The van der Waals surface area contributed by atoms with Gasteiger partial charge in [0.15, 0.2) is 17.2 Å². The van der Waals surface area contributed by atoms with E-state index in [0.717, 1.165) is 0 Å². The zero-order valence-electron chi connectivity index (χ0n) is 11.5. The Morgan fingerprint density at radius 1 is 1.24 bits per heavy atom. The van der Waals surface area contributed by atoms with E-state index in [0.29, 0.717) is 38.1 Å². The lowest BCUT2D eigenvalue weighted by Gasteiger charge is -2.14. The second-order valence-electron chi connectivity index (χ2n) is 4.09. The third-order valence-electron chi connectivity index (χ3n) is 2.76. The van der Waals surface area contributed by atoms with Crippen LogP contribution in [0.3, 0.4) is 0 Å². The molecule has 0 unspecified atom stereocenters. The summed E-state index contributed by atoms with van der Waals surface area (Å²) in [4.78, 5) is 4.24. The fourth-order valence-electron chi connectivity index (χ4n) is 1.83. The number of anilines is 1. The van der Waals surface area contributed by atoms with E-state index in [9.17, 15) is 0 Å². The Balaban J connectivity index is 2.25. The predicted octanol–water partition coefficient (Wildman–Crippen LogP) is 3.68. The topological polar surface area (TPSA) is 66.6 Å². The summed E-state index contributed by atoms with van der Waals surface area (Å²) in [5.74, 6) is 1.63. The summed E-state index contributed by atoms with van der Waals surface area (Å²) >= 11 is 9.28. The van der Waals surface area contributed by atoms with Gasteiger partial charge < -0.3 is 19.9 Å². The molecule has 0 saturated heterocycles. The van der Waals surface area contributed by atoms with E-state index in [4.69, 9.17) is 31.5 Å². The normalized spacial score (nSPS) is 10.3. The van der Waals surface area contributed by atoms with Crippen LogP contribution in [0.4, 0.5) is 5.69 Å². The standard InChI is InChI=1S/C14H14BrClN2O3/c1-19-12-3-4-18-11(14(12)20-2)7-21-13-9(15)5-8(16)6-10(13)17/h3-6H,7,17H2,1-2H3. The van der Waals surface area contributed by atoms with Gasteiger partial charge in [-0.05, 0) is 28.1 Å². The van der Waals surface area contributed by atoms with E-state index >= 15 is 0 Å². The summed E-state index contributed by atoms with van der Waals surface area (Å²) in [6.07, 6.45) is 1.63. The number of hydrogen-bond acceptors (Lipinski definition) is 5. The number of aromatic nitrogens is 1. The molecule has 1 aromatic carbocycles. The molecule has 2 aromatic rings. The first-order valence-corrected chi connectivity index (χ1v) is 7.17. The van der Waals surface area contributed by atoms with Crippen LogP contribution in [0.25, 0.3) is 0 Å². The van der Waals surface area contributed by atoms with Crippen molar-refractivity contribution in [3.63, 3.8) is 0 Å². The van der Waals surface area contributed by atoms with Gasteiger partial charge in [-0.1, -0.05) is 11.6 Å². The van der Waals surface area contributed by atoms with Crippen LogP contribution in [-0.2, 0) is 6.61 Å². The van der Waals surface area contributed by atoms with Crippen LogP contribution in [0.2, 0.25) is 5.02 Å². The molecule has 0 aliphatic carbocycles. The van der Waals surface area contributed by atoms with E-state index < -0.39 is 0 Å². The summed E-state index contributed by atoms with van der Waals surface area (Å²) in [7, 11) is 3.12. The average molecular weight is 374 g/mol. The number of nitrogens with two attached hydrogens (primary N) is 1. The van der Waals surface area contributed by atoms with Crippen molar-refractivity contribution in [2.75, 3.05) is 20.0 Å². The van der Waals surface area contributed by atoms with Crippen LogP contribution in [0.1, 0.15) is 5.69 Å². The number of nitrogens with zero attached hydrogens (tertiary/aromatic N) is 1. The number of ether oxygens (including phenoxy) is 3. The number of benzene rings is 1. The van der Waals surface area contributed by atoms with Gasteiger partial charge in [0.25, 0.3) is 0 Å². The van der Waals surface area contributed by atoms with Crippen molar-refractivity contribution in [1.29, 1.82) is 0 Å². The Morgan fingerprint density at radius 3 is 2.62 bits per heavy atom. The highest BCUT2D eigenvalue weighted by Crippen LogP contribution is 2.36. The summed E-state index contributed by atoms with van der Waals surface area (Å²) < 4.78 is 16.9. The summed E-state index contributed by atoms with van der Waals surface area (Å²) in [6, 6.07) is 5.05. The second kappa shape index (κ2) is 6.87. The number of methoxy groups -OCH3 is 2. The van der Waals surface area contributed by atoms with Crippen LogP contribution in [-0.4, -0.2) is 19.2 Å². The highest BCUT2D eigenvalue weighted by atomic mass is 79.9. The molecular formula is C14H14BrClN2O3. The van der Waals surface area contributed by atoms with Gasteiger partial charge in [-0.2, -0.15) is 0 Å². The monoisotopic (exact) mass is 372 g/mol. The van der Waals surface area contributed by atoms with Crippen molar-refractivity contribution >= 4 is 33.2 Å². The van der Waals surface area contributed by atoms with Crippen molar-refractivity contribution in [1.82, 2.24) is 4.98 Å². The summed E-state index contributed by atoms with van der Waals surface area (Å²) in [5.41, 5.74) is 6.95. The molecule has 0 atom stereocenters. The maximum atomic E-state index is 5.91. The molecule has 2 rings (SSSR count). The molecule has 0 amide bonds. The highest BCUT2D eigenvalue weighted by Gasteiger charge is 2.14. The van der Waals surface area contributed by atoms with E-state index in [2.05, 4.69) is 20.9 Å². The Morgan fingerprint density at radius 2 is 2.00 bits per heavy atom. The molecule has 2 N–H and O–H groups in total. The minimum Gasteiger partial charge on any atom is -0.493 e. The average Bonchev–Trinajstić information content (AvgIpc) is 2.45. The van der Waals surface area contributed by atoms with Crippen LogP contribution >= 0.6 is 27.5 Å². The lowest BCUT2D eigenvalue weighted by atomic mass is 10.3. The van der Waals surface area contributed by atoms with Crippen LogP contribution in [0.15, 0.2) is 28.9 Å². The van der Waals surface area contributed by atoms with Crippen molar-refractivity contribution < 1.29 is 14.2 Å².